The number of phenolic OH excluding ortho intramolecular Hbond substituents is 1. The molecule has 310 valence electrons. The molecule has 0 radical (unpaired) electrons. The number of rotatable bonds is 12. The number of hydrogen-bond acceptors (Lipinski definition) is 10. The van der Waals surface area contributed by atoms with E-state index in [4.69, 9.17) is 14.1 Å². The SMILES string of the molecule is Cc1sc2c(c1C)C(c1ccc(N3CC[C@@H](CNCCOc4ccc([C@@H]5c6ccc(O)cc6CC[C@@H]5c5ccccc5)cc4)C3)cc1)=NC(Cc1ncco1)c1nnc(C)n1-2. The van der Waals surface area contributed by atoms with Crippen molar-refractivity contribution in [3.63, 3.8) is 0 Å². The molecule has 3 aliphatic rings. The van der Waals surface area contributed by atoms with Crippen LogP contribution < -0.4 is 15.0 Å². The molecule has 7 aromatic rings. The number of phenols is 1. The first-order valence-electron chi connectivity index (χ1n) is 21.5. The zero-order valence-electron chi connectivity index (χ0n) is 34.9. The van der Waals surface area contributed by atoms with E-state index >= 15 is 0 Å². The highest BCUT2D eigenvalue weighted by molar-refractivity contribution is 7.15. The lowest BCUT2D eigenvalue weighted by molar-refractivity contribution is 0.310. The van der Waals surface area contributed by atoms with Crippen LogP contribution in [0.1, 0.15) is 92.1 Å². The summed E-state index contributed by atoms with van der Waals surface area (Å²) in [5.41, 5.74) is 10.9. The van der Waals surface area contributed by atoms with Crippen LogP contribution in [0.25, 0.3) is 5.00 Å². The number of benzene rings is 4. The smallest absolute Gasteiger partial charge is 0.196 e. The van der Waals surface area contributed by atoms with Gasteiger partial charge in [0.05, 0.1) is 18.3 Å². The highest BCUT2D eigenvalue weighted by Crippen LogP contribution is 2.47. The van der Waals surface area contributed by atoms with Crippen molar-refractivity contribution in [2.75, 3.05) is 37.7 Å². The largest absolute Gasteiger partial charge is 0.508 e. The Morgan fingerprint density at radius 3 is 2.56 bits per heavy atom. The van der Waals surface area contributed by atoms with Gasteiger partial charge >= 0.3 is 0 Å². The molecule has 0 saturated carbocycles. The van der Waals surface area contributed by atoms with E-state index in [0.29, 0.717) is 36.5 Å². The number of aromatic nitrogens is 4. The molecule has 10 nitrogen and oxygen atoms in total. The molecule has 2 aliphatic heterocycles. The molecular formula is C50H51N7O3S. The van der Waals surface area contributed by atoms with Crippen LogP contribution in [0.4, 0.5) is 5.69 Å². The number of oxazole rings is 1. The summed E-state index contributed by atoms with van der Waals surface area (Å²) in [6, 6.07) is 34.1. The lowest BCUT2D eigenvalue weighted by Gasteiger charge is -2.34. The second-order valence-corrected chi connectivity index (χ2v) is 17.9. The van der Waals surface area contributed by atoms with Crippen LogP contribution in [0.5, 0.6) is 11.5 Å². The minimum Gasteiger partial charge on any atom is -0.508 e. The van der Waals surface area contributed by atoms with E-state index in [1.807, 2.05) is 19.1 Å². The second kappa shape index (κ2) is 16.8. The van der Waals surface area contributed by atoms with Crippen LogP contribution in [-0.4, -0.2) is 63.4 Å². The number of anilines is 1. The monoisotopic (exact) mass is 829 g/mol. The lowest BCUT2D eigenvalue weighted by Crippen LogP contribution is -2.29. The lowest BCUT2D eigenvalue weighted by atomic mass is 9.69. The number of aryl methyl sites for hydroxylation is 3. The number of nitrogens with zero attached hydrogens (tertiary/aromatic N) is 6. The molecule has 1 saturated heterocycles. The molecule has 0 bridgehead atoms. The summed E-state index contributed by atoms with van der Waals surface area (Å²) in [6.45, 7) is 10.8. The van der Waals surface area contributed by atoms with Crippen LogP contribution in [0.15, 0.2) is 119 Å². The average molecular weight is 830 g/mol. The van der Waals surface area contributed by atoms with Crippen molar-refractivity contribution in [2.45, 2.75) is 64.3 Å². The molecule has 2 N–H and O–H groups in total. The standard InChI is InChI=1S/C50H51N7O3S/c1-31-32(2)61-50-46(31)48(53-44(28-45-52-23-26-60-45)49-55-54-33(3)57(49)50)37-9-14-39(15-10-37)56-24-21-34(30-56)29-51-22-25-59-41-17-11-36(12-18-41)47-42(35-7-5-4-6-8-35)19-13-38-27-40(58)16-20-43(38)47/h4-12,14-18,20,23,26-27,34,42,44,47,51,58H,13,19,21-22,24-25,28-30H2,1-3H3/t34-,42+,44?,47-/m0/s1. The minimum atomic E-state index is -0.289. The first-order valence-corrected chi connectivity index (χ1v) is 22.3. The highest BCUT2D eigenvalue weighted by atomic mass is 32.1. The fourth-order valence-electron chi connectivity index (χ4n) is 9.70. The molecule has 4 atom stereocenters. The van der Waals surface area contributed by atoms with Gasteiger partial charge in [0.25, 0.3) is 0 Å². The quantitative estimate of drug-likeness (QED) is 0.117. The number of thiophene rings is 1. The Morgan fingerprint density at radius 1 is 0.918 bits per heavy atom. The van der Waals surface area contributed by atoms with Crippen molar-refractivity contribution < 1.29 is 14.3 Å². The summed E-state index contributed by atoms with van der Waals surface area (Å²) in [5.74, 6) is 4.69. The Hall–Kier alpha value is -6.04. The number of aliphatic imine (C=N–C) groups is 1. The molecule has 4 aromatic carbocycles. The van der Waals surface area contributed by atoms with Crippen molar-refractivity contribution in [3.8, 4) is 16.5 Å². The van der Waals surface area contributed by atoms with E-state index in [-0.39, 0.29) is 12.0 Å². The molecule has 1 unspecified atom stereocenters. The maximum atomic E-state index is 10.2. The van der Waals surface area contributed by atoms with Gasteiger partial charge in [-0.25, -0.2) is 4.98 Å². The summed E-state index contributed by atoms with van der Waals surface area (Å²) < 4.78 is 14.1. The zero-order chi connectivity index (χ0) is 41.5. The summed E-state index contributed by atoms with van der Waals surface area (Å²) in [5, 5.41) is 24.1. The van der Waals surface area contributed by atoms with E-state index in [0.717, 1.165) is 84.7 Å². The van der Waals surface area contributed by atoms with Crippen molar-refractivity contribution in [2.24, 2.45) is 10.9 Å². The fourth-order valence-corrected chi connectivity index (χ4v) is 10.9. The van der Waals surface area contributed by atoms with E-state index in [2.05, 4.69) is 129 Å². The second-order valence-electron chi connectivity index (χ2n) is 16.7. The number of fused-ring (bicyclic) bond motifs is 4. The number of aromatic hydroxyl groups is 1. The third kappa shape index (κ3) is 7.77. The fraction of sp³-hybridized carbons (Fsp3) is 0.320. The highest BCUT2D eigenvalue weighted by Gasteiger charge is 2.34. The van der Waals surface area contributed by atoms with Crippen LogP contribution in [0.2, 0.25) is 0 Å². The third-order valence-electron chi connectivity index (χ3n) is 12.9. The van der Waals surface area contributed by atoms with E-state index in [1.165, 1.54) is 38.4 Å². The summed E-state index contributed by atoms with van der Waals surface area (Å²) >= 11 is 1.77. The van der Waals surface area contributed by atoms with Gasteiger partial charge < -0.3 is 24.5 Å². The summed E-state index contributed by atoms with van der Waals surface area (Å²) in [7, 11) is 0. The predicted molar refractivity (Wildman–Crippen MR) is 241 cm³/mol. The summed E-state index contributed by atoms with van der Waals surface area (Å²) in [6.07, 6.45) is 6.95. The number of nitrogens with one attached hydrogen (secondary N) is 1. The van der Waals surface area contributed by atoms with Crippen LogP contribution in [0.3, 0.4) is 0 Å². The Labute approximate surface area is 361 Å². The molecule has 11 heteroatoms. The van der Waals surface area contributed by atoms with Crippen LogP contribution in [-0.2, 0) is 12.8 Å². The molecule has 0 amide bonds. The maximum Gasteiger partial charge on any atom is 0.196 e. The van der Waals surface area contributed by atoms with Crippen molar-refractivity contribution in [3.05, 3.63) is 171 Å². The Morgan fingerprint density at radius 2 is 1.75 bits per heavy atom. The average Bonchev–Trinajstić information content (AvgIpc) is 4.10. The van der Waals surface area contributed by atoms with Gasteiger partial charge in [0.2, 0.25) is 0 Å². The number of hydrogen-bond donors (Lipinski definition) is 2. The summed E-state index contributed by atoms with van der Waals surface area (Å²) in [4.78, 5) is 13.6. The van der Waals surface area contributed by atoms with Gasteiger partial charge in [-0.05, 0) is 123 Å². The molecule has 3 aromatic heterocycles. The first-order chi connectivity index (χ1) is 29.9. The zero-order valence-corrected chi connectivity index (χ0v) is 35.7. The number of ether oxygens (including phenoxy) is 1. The first kappa shape index (κ1) is 39.1. The van der Waals surface area contributed by atoms with Gasteiger partial charge in [-0.1, -0.05) is 60.7 Å². The predicted octanol–water partition coefficient (Wildman–Crippen LogP) is 9.44. The molecule has 5 heterocycles. The molecule has 61 heavy (non-hydrogen) atoms. The minimum absolute atomic E-state index is 0.225. The van der Waals surface area contributed by atoms with Crippen molar-refractivity contribution in [1.82, 2.24) is 25.1 Å². The van der Waals surface area contributed by atoms with Gasteiger partial charge in [0.1, 0.15) is 41.2 Å². The topological polar surface area (TPSA) is 114 Å². The van der Waals surface area contributed by atoms with E-state index in [1.54, 1.807) is 23.8 Å². The van der Waals surface area contributed by atoms with E-state index < -0.39 is 0 Å². The van der Waals surface area contributed by atoms with Gasteiger partial charge in [0, 0.05) is 47.2 Å². The van der Waals surface area contributed by atoms with E-state index in [9.17, 15) is 5.11 Å². The molecule has 1 aliphatic carbocycles. The van der Waals surface area contributed by atoms with Crippen LogP contribution in [0, 0.1) is 26.7 Å². The van der Waals surface area contributed by atoms with Gasteiger partial charge in [-0.15, -0.1) is 21.5 Å². The third-order valence-corrected chi connectivity index (χ3v) is 14.1. The molecule has 10 rings (SSSR count). The van der Waals surface area contributed by atoms with Gasteiger partial charge in [-0.2, -0.15) is 0 Å². The normalized spacial score (nSPS) is 19.5. The molecule has 1 fully saturated rings. The maximum absolute atomic E-state index is 10.2. The van der Waals surface area contributed by atoms with Crippen molar-refractivity contribution in [1.29, 1.82) is 0 Å². The van der Waals surface area contributed by atoms with Gasteiger partial charge in [-0.3, -0.25) is 9.56 Å². The molecule has 0 spiro atoms. The molecular weight excluding hydrogens is 779 g/mol. The Kier molecular flexibility index (Phi) is 10.8. The van der Waals surface area contributed by atoms with Crippen molar-refractivity contribution >= 4 is 22.7 Å². The Balaban J connectivity index is 0.754. The van der Waals surface area contributed by atoms with Gasteiger partial charge in [0.15, 0.2) is 11.7 Å². The van der Waals surface area contributed by atoms with Crippen LogP contribution >= 0.6 is 11.3 Å². The Bertz CT molecular complexity index is 2650.